The van der Waals surface area contributed by atoms with Crippen LogP contribution < -0.4 is 5.32 Å². The molecule has 1 aromatic carbocycles. The molecule has 0 aromatic heterocycles. The first-order valence-electron chi connectivity index (χ1n) is 4.83. The summed E-state index contributed by atoms with van der Waals surface area (Å²) in [4.78, 5) is 11.3. The topological polar surface area (TPSA) is 49.3 Å². The predicted octanol–water partition coefficient (Wildman–Crippen LogP) is 2.18. The summed E-state index contributed by atoms with van der Waals surface area (Å²) < 4.78 is 0. The lowest BCUT2D eigenvalue weighted by Gasteiger charge is -2.09. The highest BCUT2D eigenvalue weighted by molar-refractivity contribution is 9.10. The number of aromatic hydroxyl groups is 1. The van der Waals surface area contributed by atoms with E-state index in [4.69, 9.17) is 0 Å². The van der Waals surface area contributed by atoms with E-state index in [1.165, 1.54) is 0 Å². The number of hydrogen-bond donors (Lipinski definition) is 2. The average Bonchev–Trinajstić information content (AvgIpc) is 2.26. The molecule has 4 heteroatoms. The second-order valence-corrected chi connectivity index (χ2v) is 4.33. The SMILES string of the molecule is CCC(Br)C(=O)NCc1ccccc1O. The van der Waals surface area contributed by atoms with Crippen molar-refractivity contribution < 1.29 is 9.90 Å². The summed E-state index contributed by atoms with van der Waals surface area (Å²) in [6.45, 7) is 2.28. The number of benzene rings is 1. The predicted molar refractivity (Wildman–Crippen MR) is 63.0 cm³/mol. The molecule has 1 unspecified atom stereocenters. The summed E-state index contributed by atoms with van der Waals surface area (Å²) in [5.74, 6) is 0.154. The van der Waals surface area contributed by atoms with Crippen LogP contribution in [-0.4, -0.2) is 15.8 Å². The number of rotatable bonds is 4. The molecule has 2 N–H and O–H groups in total. The number of halogens is 1. The monoisotopic (exact) mass is 271 g/mol. The Labute approximate surface area is 97.6 Å². The third-order valence-electron chi connectivity index (χ3n) is 2.09. The Balaban J connectivity index is 2.51. The van der Waals surface area contributed by atoms with Crippen LogP contribution in [0.15, 0.2) is 24.3 Å². The Morgan fingerprint density at radius 2 is 2.20 bits per heavy atom. The Hall–Kier alpha value is -1.03. The molecule has 0 aliphatic heterocycles. The first kappa shape index (κ1) is 12.0. The van der Waals surface area contributed by atoms with Crippen molar-refractivity contribution in [1.82, 2.24) is 5.32 Å². The molecular weight excluding hydrogens is 258 g/mol. The van der Waals surface area contributed by atoms with Gasteiger partial charge in [-0.05, 0) is 12.5 Å². The van der Waals surface area contributed by atoms with Crippen LogP contribution in [0.2, 0.25) is 0 Å². The van der Waals surface area contributed by atoms with E-state index < -0.39 is 0 Å². The Morgan fingerprint density at radius 3 is 2.80 bits per heavy atom. The molecule has 0 fully saturated rings. The minimum Gasteiger partial charge on any atom is -0.508 e. The quantitative estimate of drug-likeness (QED) is 0.825. The van der Waals surface area contributed by atoms with E-state index in [-0.39, 0.29) is 16.5 Å². The number of phenols is 1. The fourth-order valence-electron chi connectivity index (χ4n) is 1.14. The summed E-state index contributed by atoms with van der Waals surface area (Å²) in [6, 6.07) is 6.96. The number of alkyl halides is 1. The van der Waals surface area contributed by atoms with Crippen LogP contribution in [0.3, 0.4) is 0 Å². The zero-order chi connectivity index (χ0) is 11.3. The number of para-hydroxylation sites is 1. The molecule has 1 rings (SSSR count). The summed E-state index contributed by atoms with van der Waals surface area (Å²) >= 11 is 3.26. The second kappa shape index (κ2) is 5.75. The smallest absolute Gasteiger partial charge is 0.234 e. The lowest BCUT2D eigenvalue weighted by molar-refractivity contribution is -0.120. The second-order valence-electron chi connectivity index (χ2n) is 3.22. The van der Waals surface area contributed by atoms with Gasteiger partial charge in [-0.15, -0.1) is 0 Å². The lowest BCUT2D eigenvalue weighted by Crippen LogP contribution is -2.30. The van der Waals surface area contributed by atoms with E-state index in [1.807, 2.05) is 13.0 Å². The molecule has 1 amide bonds. The van der Waals surface area contributed by atoms with Crippen molar-refractivity contribution in [2.45, 2.75) is 24.7 Å². The molecule has 0 aliphatic rings. The van der Waals surface area contributed by atoms with Gasteiger partial charge in [0.1, 0.15) is 5.75 Å². The first-order valence-corrected chi connectivity index (χ1v) is 5.75. The van der Waals surface area contributed by atoms with Crippen LogP contribution in [0.25, 0.3) is 0 Å². The van der Waals surface area contributed by atoms with Crippen molar-refractivity contribution in [2.75, 3.05) is 0 Å². The van der Waals surface area contributed by atoms with Crippen molar-refractivity contribution in [3.8, 4) is 5.75 Å². The van der Waals surface area contributed by atoms with Gasteiger partial charge in [-0.1, -0.05) is 41.1 Å². The van der Waals surface area contributed by atoms with Gasteiger partial charge in [-0.25, -0.2) is 0 Å². The summed E-state index contributed by atoms with van der Waals surface area (Å²) in [5.41, 5.74) is 0.724. The van der Waals surface area contributed by atoms with Gasteiger partial charge in [-0.2, -0.15) is 0 Å². The fourth-order valence-corrected chi connectivity index (χ4v) is 1.30. The van der Waals surface area contributed by atoms with Crippen molar-refractivity contribution >= 4 is 21.8 Å². The fraction of sp³-hybridized carbons (Fsp3) is 0.364. The van der Waals surface area contributed by atoms with Gasteiger partial charge in [0, 0.05) is 12.1 Å². The molecule has 0 aliphatic carbocycles. The number of nitrogens with one attached hydrogen (secondary N) is 1. The van der Waals surface area contributed by atoms with Crippen molar-refractivity contribution in [2.24, 2.45) is 0 Å². The molecule has 1 atom stereocenters. The van der Waals surface area contributed by atoms with E-state index in [9.17, 15) is 9.90 Å². The zero-order valence-corrected chi connectivity index (χ0v) is 10.1. The maximum Gasteiger partial charge on any atom is 0.234 e. The van der Waals surface area contributed by atoms with Gasteiger partial charge in [0.05, 0.1) is 4.83 Å². The molecule has 1 aromatic rings. The van der Waals surface area contributed by atoms with Crippen LogP contribution >= 0.6 is 15.9 Å². The molecule has 82 valence electrons. The Morgan fingerprint density at radius 1 is 1.53 bits per heavy atom. The number of carbonyl (C=O) groups excluding carboxylic acids is 1. The zero-order valence-electron chi connectivity index (χ0n) is 8.53. The van der Waals surface area contributed by atoms with Crippen LogP contribution in [0.5, 0.6) is 5.75 Å². The van der Waals surface area contributed by atoms with Crippen molar-refractivity contribution in [3.63, 3.8) is 0 Å². The third kappa shape index (κ3) is 3.55. The van der Waals surface area contributed by atoms with Crippen LogP contribution in [0.4, 0.5) is 0 Å². The standard InChI is InChI=1S/C11H14BrNO2/c1-2-9(12)11(15)13-7-8-5-3-4-6-10(8)14/h3-6,9,14H,2,7H2,1H3,(H,13,15). The number of phenolic OH excluding ortho intramolecular Hbond substituents is 1. The van der Waals surface area contributed by atoms with Gasteiger partial charge in [0.25, 0.3) is 0 Å². The molecule has 0 saturated carbocycles. The highest BCUT2D eigenvalue weighted by atomic mass is 79.9. The molecule has 15 heavy (non-hydrogen) atoms. The number of hydrogen-bond acceptors (Lipinski definition) is 2. The van der Waals surface area contributed by atoms with Gasteiger partial charge in [-0.3, -0.25) is 4.79 Å². The van der Waals surface area contributed by atoms with Crippen LogP contribution in [0.1, 0.15) is 18.9 Å². The van der Waals surface area contributed by atoms with Crippen LogP contribution in [-0.2, 0) is 11.3 Å². The summed E-state index contributed by atoms with van der Waals surface area (Å²) in [7, 11) is 0. The molecular formula is C11H14BrNO2. The first-order chi connectivity index (χ1) is 7.15. The molecule has 3 nitrogen and oxygen atoms in total. The van der Waals surface area contributed by atoms with E-state index in [1.54, 1.807) is 18.2 Å². The maximum atomic E-state index is 11.4. The van der Waals surface area contributed by atoms with Crippen molar-refractivity contribution in [3.05, 3.63) is 29.8 Å². The largest absolute Gasteiger partial charge is 0.508 e. The van der Waals surface area contributed by atoms with Crippen LogP contribution in [0, 0.1) is 0 Å². The van der Waals surface area contributed by atoms with Gasteiger partial charge >= 0.3 is 0 Å². The lowest BCUT2D eigenvalue weighted by atomic mass is 10.2. The van der Waals surface area contributed by atoms with Gasteiger partial charge in [0.15, 0.2) is 0 Å². The van der Waals surface area contributed by atoms with E-state index in [0.29, 0.717) is 6.54 Å². The number of amides is 1. The van der Waals surface area contributed by atoms with E-state index >= 15 is 0 Å². The van der Waals surface area contributed by atoms with Crippen molar-refractivity contribution in [1.29, 1.82) is 0 Å². The highest BCUT2D eigenvalue weighted by Gasteiger charge is 2.11. The Kier molecular flexibility index (Phi) is 4.62. The molecule has 0 heterocycles. The summed E-state index contributed by atoms with van der Waals surface area (Å²) in [5, 5.41) is 12.2. The summed E-state index contributed by atoms with van der Waals surface area (Å²) in [6.07, 6.45) is 0.743. The Bertz CT molecular complexity index is 341. The van der Waals surface area contributed by atoms with E-state index in [0.717, 1.165) is 12.0 Å². The minimum absolute atomic E-state index is 0.0549. The normalized spacial score (nSPS) is 12.1. The molecule has 0 saturated heterocycles. The average molecular weight is 272 g/mol. The van der Waals surface area contributed by atoms with Gasteiger partial charge in [0.2, 0.25) is 5.91 Å². The van der Waals surface area contributed by atoms with Gasteiger partial charge < -0.3 is 10.4 Å². The highest BCUT2D eigenvalue weighted by Crippen LogP contribution is 2.15. The molecule has 0 spiro atoms. The van der Waals surface area contributed by atoms with E-state index in [2.05, 4.69) is 21.2 Å². The maximum absolute atomic E-state index is 11.4. The number of carbonyl (C=O) groups is 1. The minimum atomic E-state index is -0.164. The third-order valence-corrected chi connectivity index (χ3v) is 3.15. The molecule has 0 bridgehead atoms. The molecule has 0 radical (unpaired) electrons.